The summed E-state index contributed by atoms with van der Waals surface area (Å²) >= 11 is 0. The molecule has 1 N–H and O–H groups in total. The maximum absolute atomic E-state index is 12.5. The molecule has 1 heterocycles. The predicted molar refractivity (Wildman–Crippen MR) is 112 cm³/mol. The standard InChI is InChI=1S/C22H22N4O3/c1-16-8-10-18(11-9-16)25(2)20(27)14-15-26-21(28)13-12-19(24-26)22(29)23-17-6-4-3-5-7-17/h3-13H,14-15H2,1-2H3,(H,23,29). The summed E-state index contributed by atoms with van der Waals surface area (Å²) in [5.74, 6) is -0.574. The lowest BCUT2D eigenvalue weighted by Crippen LogP contribution is -2.31. The van der Waals surface area contributed by atoms with Crippen LogP contribution >= 0.6 is 0 Å². The van der Waals surface area contributed by atoms with E-state index in [9.17, 15) is 14.4 Å². The third kappa shape index (κ3) is 5.16. The lowest BCUT2D eigenvalue weighted by molar-refractivity contribution is -0.118. The Labute approximate surface area is 168 Å². The fourth-order valence-corrected chi connectivity index (χ4v) is 2.73. The third-order valence-corrected chi connectivity index (χ3v) is 4.46. The molecular weight excluding hydrogens is 368 g/mol. The average molecular weight is 390 g/mol. The number of nitrogens with one attached hydrogen (secondary N) is 1. The molecule has 0 spiro atoms. The van der Waals surface area contributed by atoms with Crippen molar-refractivity contribution in [2.75, 3.05) is 17.3 Å². The molecule has 0 aliphatic carbocycles. The molecule has 0 saturated carbocycles. The van der Waals surface area contributed by atoms with Crippen molar-refractivity contribution in [3.63, 3.8) is 0 Å². The van der Waals surface area contributed by atoms with Crippen LogP contribution in [0.25, 0.3) is 0 Å². The molecule has 148 valence electrons. The summed E-state index contributed by atoms with van der Waals surface area (Å²) in [7, 11) is 1.69. The zero-order chi connectivity index (χ0) is 20.8. The molecule has 0 saturated heterocycles. The number of hydrogen-bond acceptors (Lipinski definition) is 4. The van der Waals surface area contributed by atoms with Gasteiger partial charge in [0.1, 0.15) is 5.69 Å². The highest BCUT2D eigenvalue weighted by Crippen LogP contribution is 2.14. The van der Waals surface area contributed by atoms with E-state index in [2.05, 4.69) is 10.4 Å². The van der Waals surface area contributed by atoms with Crippen molar-refractivity contribution in [2.45, 2.75) is 19.9 Å². The average Bonchev–Trinajstić information content (AvgIpc) is 2.73. The second-order valence-corrected chi connectivity index (χ2v) is 6.64. The van der Waals surface area contributed by atoms with E-state index < -0.39 is 5.91 Å². The lowest BCUT2D eigenvalue weighted by atomic mass is 10.2. The first kappa shape index (κ1) is 20.0. The molecule has 7 nitrogen and oxygen atoms in total. The Morgan fingerprint density at radius 3 is 2.38 bits per heavy atom. The molecule has 2 aromatic carbocycles. The summed E-state index contributed by atoms with van der Waals surface area (Å²) in [6.45, 7) is 2.06. The molecule has 1 aromatic heterocycles. The van der Waals surface area contributed by atoms with Crippen molar-refractivity contribution in [1.29, 1.82) is 0 Å². The smallest absolute Gasteiger partial charge is 0.276 e. The van der Waals surface area contributed by atoms with Crippen molar-refractivity contribution in [3.8, 4) is 0 Å². The topological polar surface area (TPSA) is 84.3 Å². The van der Waals surface area contributed by atoms with Gasteiger partial charge in [-0.05, 0) is 37.3 Å². The zero-order valence-corrected chi connectivity index (χ0v) is 16.3. The number of hydrogen-bond donors (Lipinski definition) is 1. The summed E-state index contributed by atoms with van der Waals surface area (Å²) < 4.78 is 1.14. The number of nitrogens with zero attached hydrogens (tertiary/aromatic N) is 3. The maximum Gasteiger partial charge on any atom is 0.276 e. The van der Waals surface area contributed by atoms with E-state index in [0.717, 1.165) is 15.9 Å². The van der Waals surface area contributed by atoms with Crippen molar-refractivity contribution in [1.82, 2.24) is 9.78 Å². The van der Waals surface area contributed by atoms with E-state index in [1.807, 2.05) is 37.3 Å². The number of carbonyl (C=O) groups is 2. The van der Waals surface area contributed by atoms with Crippen LogP contribution in [0.4, 0.5) is 11.4 Å². The van der Waals surface area contributed by atoms with Crippen LogP contribution in [0.5, 0.6) is 0 Å². The van der Waals surface area contributed by atoms with Gasteiger partial charge in [-0.3, -0.25) is 14.4 Å². The van der Waals surface area contributed by atoms with E-state index in [1.54, 1.807) is 31.3 Å². The first-order valence-corrected chi connectivity index (χ1v) is 9.22. The lowest BCUT2D eigenvalue weighted by Gasteiger charge is -2.17. The van der Waals surface area contributed by atoms with Crippen LogP contribution in [-0.2, 0) is 11.3 Å². The van der Waals surface area contributed by atoms with E-state index in [0.29, 0.717) is 5.69 Å². The Balaban J connectivity index is 1.67. The van der Waals surface area contributed by atoms with E-state index >= 15 is 0 Å². The molecular formula is C22H22N4O3. The summed E-state index contributed by atoms with van der Waals surface area (Å²) in [4.78, 5) is 38.5. The highest BCUT2D eigenvalue weighted by Gasteiger charge is 2.14. The third-order valence-electron chi connectivity index (χ3n) is 4.46. The molecule has 3 rings (SSSR count). The second-order valence-electron chi connectivity index (χ2n) is 6.64. The Hall–Kier alpha value is -3.74. The number of rotatable bonds is 6. The molecule has 0 bridgehead atoms. The zero-order valence-electron chi connectivity index (χ0n) is 16.3. The number of para-hydroxylation sites is 1. The summed E-state index contributed by atoms with van der Waals surface area (Å²) in [5, 5.41) is 6.83. The van der Waals surface area contributed by atoms with Gasteiger partial charge in [-0.1, -0.05) is 35.9 Å². The molecule has 29 heavy (non-hydrogen) atoms. The minimum Gasteiger partial charge on any atom is -0.321 e. The van der Waals surface area contributed by atoms with Crippen LogP contribution in [-0.4, -0.2) is 28.6 Å². The van der Waals surface area contributed by atoms with Gasteiger partial charge in [0.25, 0.3) is 11.5 Å². The minimum atomic E-state index is -0.423. The molecule has 0 unspecified atom stereocenters. The first-order chi connectivity index (χ1) is 13.9. The van der Waals surface area contributed by atoms with E-state index in [-0.39, 0.29) is 30.1 Å². The van der Waals surface area contributed by atoms with Crippen LogP contribution in [0.3, 0.4) is 0 Å². The fourth-order valence-electron chi connectivity index (χ4n) is 2.73. The molecule has 7 heteroatoms. The summed E-state index contributed by atoms with van der Waals surface area (Å²) in [5.41, 5.74) is 2.25. The van der Waals surface area contributed by atoms with Gasteiger partial charge < -0.3 is 10.2 Å². The van der Waals surface area contributed by atoms with Crippen LogP contribution in [0, 0.1) is 6.92 Å². The largest absolute Gasteiger partial charge is 0.321 e. The first-order valence-electron chi connectivity index (χ1n) is 9.22. The molecule has 0 aliphatic rings. The fraction of sp³-hybridized carbons (Fsp3) is 0.182. The maximum atomic E-state index is 12.5. The van der Waals surface area contributed by atoms with Crippen molar-refractivity contribution < 1.29 is 9.59 Å². The second kappa shape index (κ2) is 8.97. The van der Waals surface area contributed by atoms with Crippen molar-refractivity contribution in [3.05, 3.63) is 88.3 Å². The molecule has 0 aliphatic heterocycles. The summed E-state index contributed by atoms with van der Waals surface area (Å²) in [6, 6.07) is 19.2. The van der Waals surface area contributed by atoms with Crippen LogP contribution in [0.15, 0.2) is 71.5 Å². The number of anilines is 2. The highest BCUT2D eigenvalue weighted by atomic mass is 16.2. The van der Waals surface area contributed by atoms with Crippen LogP contribution in [0.2, 0.25) is 0 Å². The van der Waals surface area contributed by atoms with Gasteiger partial charge in [-0.25, -0.2) is 4.68 Å². The molecule has 3 aromatic rings. The molecule has 0 fully saturated rings. The van der Waals surface area contributed by atoms with Gasteiger partial charge in [0, 0.05) is 30.9 Å². The number of carbonyl (C=O) groups excluding carboxylic acids is 2. The number of aryl methyl sites for hydroxylation is 2. The van der Waals surface area contributed by atoms with Gasteiger partial charge in [-0.2, -0.15) is 5.10 Å². The normalized spacial score (nSPS) is 10.4. The van der Waals surface area contributed by atoms with Gasteiger partial charge in [0.2, 0.25) is 5.91 Å². The van der Waals surface area contributed by atoms with Crippen LogP contribution in [0.1, 0.15) is 22.5 Å². The van der Waals surface area contributed by atoms with Gasteiger partial charge in [0.05, 0.1) is 6.54 Å². The van der Waals surface area contributed by atoms with E-state index in [4.69, 9.17) is 0 Å². The Morgan fingerprint density at radius 2 is 1.69 bits per heavy atom. The SMILES string of the molecule is Cc1ccc(N(C)C(=O)CCn2nc(C(=O)Nc3ccccc3)ccc2=O)cc1. The predicted octanol–water partition coefficient (Wildman–Crippen LogP) is 2.86. The van der Waals surface area contributed by atoms with Crippen LogP contribution < -0.4 is 15.8 Å². The number of aromatic nitrogens is 2. The van der Waals surface area contributed by atoms with Gasteiger partial charge in [-0.15, -0.1) is 0 Å². The number of benzene rings is 2. The van der Waals surface area contributed by atoms with Gasteiger partial charge in [0.15, 0.2) is 0 Å². The van der Waals surface area contributed by atoms with Crippen molar-refractivity contribution >= 4 is 23.2 Å². The quantitative estimate of drug-likeness (QED) is 0.701. The monoisotopic (exact) mass is 390 g/mol. The molecule has 2 amide bonds. The minimum absolute atomic E-state index is 0.0837. The molecule has 0 atom stereocenters. The Kier molecular flexibility index (Phi) is 6.19. The molecule has 0 radical (unpaired) electrons. The van der Waals surface area contributed by atoms with Crippen molar-refractivity contribution in [2.24, 2.45) is 0 Å². The Bertz CT molecular complexity index is 1060. The Morgan fingerprint density at radius 1 is 1.00 bits per heavy atom. The number of amides is 2. The summed E-state index contributed by atoms with van der Waals surface area (Å²) in [6.07, 6.45) is 0.0844. The van der Waals surface area contributed by atoms with Gasteiger partial charge >= 0.3 is 0 Å². The highest BCUT2D eigenvalue weighted by molar-refractivity contribution is 6.02. The van der Waals surface area contributed by atoms with E-state index in [1.165, 1.54) is 17.0 Å².